The molecule has 20 heavy (non-hydrogen) atoms. The van der Waals surface area contributed by atoms with Gasteiger partial charge in [-0.1, -0.05) is 17.6 Å². The van der Waals surface area contributed by atoms with Crippen LogP contribution in [0.25, 0.3) is 10.9 Å². The van der Waals surface area contributed by atoms with Crippen molar-refractivity contribution >= 4 is 35.9 Å². The van der Waals surface area contributed by atoms with Crippen molar-refractivity contribution in [3.05, 3.63) is 29.5 Å². The first-order valence-electron chi connectivity index (χ1n) is 6.24. The molecule has 1 amide bonds. The van der Waals surface area contributed by atoms with Crippen LogP contribution in [0.15, 0.2) is 18.2 Å². The third-order valence-electron chi connectivity index (χ3n) is 2.99. The van der Waals surface area contributed by atoms with E-state index in [1.165, 1.54) is 6.92 Å². The van der Waals surface area contributed by atoms with Crippen molar-refractivity contribution < 1.29 is 14.3 Å². The summed E-state index contributed by atoms with van der Waals surface area (Å²) in [5.74, 6) is -0.513. The maximum atomic E-state index is 12.1. The second-order valence-corrected chi connectivity index (χ2v) is 4.48. The number of hydrogen-bond donors (Lipinski definition) is 2. The van der Waals surface area contributed by atoms with Gasteiger partial charge >= 0.3 is 0 Å². The van der Waals surface area contributed by atoms with Crippen LogP contribution in [0.5, 0.6) is 0 Å². The number of aromatic nitrogens is 1. The molecule has 2 N–H and O–H groups in total. The Morgan fingerprint density at radius 1 is 1.40 bits per heavy atom. The molecule has 0 bridgehead atoms. The van der Waals surface area contributed by atoms with E-state index in [9.17, 15) is 9.59 Å². The first-order chi connectivity index (χ1) is 9.54. The molecule has 0 saturated heterocycles. The van der Waals surface area contributed by atoms with Gasteiger partial charge in [0.25, 0.3) is 5.91 Å². The number of amides is 1. The van der Waals surface area contributed by atoms with Crippen molar-refractivity contribution in [2.75, 3.05) is 20.3 Å². The number of carbonyl (C=O) groups excluding carboxylic acids is 2. The second kappa shape index (κ2) is 5.92. The molecule has 0 unspecified atom stereocenters. The molecule has 0 atom stereocenters. The third kappa shape index (κ3) is 2.75. The summed E-state index contributed by atoms with van der Waals surface area (Å²) in [6.07, 6.45) is 0. The average Bonchev–Trinajstić information content (AvgIpc) is 2.77. The fourth-order valence-corrected chi connectivity index (χ4v) is 2.10. The summed E-state index contributed by atoms with van der Waals surface area (Å²) in [5, 5.41) is 3.35. The highest BCUT2D eigenvalue weighted by Crippen LogP contribution is 2.22. The highest BCUT2D eigenvalue weighted by atomic mass is 16.5. The van der Waals surface area contributed by atoms with Crippen molar-refractivity contribution in [1.82, 2.24) is 10.3 Å². The van der Waals surface area contributed by atoms with Crippen LogP contribution in [0.1, 0.15) is 27.8 Å². The molecule has 0 aliphatic carbocycles. The monoisotopic (exact) mass is 270 g/mol. The average molecular weight is 270 g/mol. The molecule has 102 valence electrons. The Bertz CT molecular complexity index is 664. The first kappa shape index (κ1) is 14.3. The van der Waals surface area contributed by atoms with Crippen molar-refractivity contribution in [3.63, 3.8) is 0 Å². The zero-order valence-corrected chi connectivity index (χ0v) is 11.4. The number of carbonyl (C=O) groups is 2. The Balaban J connectivity index is 2.44. The molecule has 1 aromatic carbocycles. The minimum Gasteiger partial charge on any atom is -0.383 e. The van der Waals surface area contributed by atoms with Crippen molar-refractivity contribution in [2.45, 2.75) is 6.92 Å². The lowest BCUT2D eigenvalue weighted by molar-refractivity contribution is 0.0921. The van der Waals surface area contributed by atoms with Crippen LogP contribution in [0, 0.1) is 0 Å². The number of hydrogen-bond acceptors (Lipinski definition) is 3. The van der Waals surface area contributed by atoms with Crippen LogP contribution in [0.3, 0.4) is 0 Å². The largest absolute Gasteiger partial charge is 0.383 e. The van der Waals surface area contributed by atoms with Gasteiger partial charge in [-0.3, -0.25) is 9.59 Å². The van der Waals surface area contributed by atoms with E-state index >= 15 is 0 Å². The van der Waals surface area contributed by atoms with E-state index in [2.05, 4.69) is 10.3 Å². The van der Waals surface area contributed by atoms with Crippen molar-refractivity contribution in [3.8, 4) is 0 Å². The molecule has 0 aliphatic rings. The molecule has 1 heterocycles. The van der Waals surface area contributed by atoms with E-state index in [1.54, 1.807) is 25.3 Å². The van der Waals surface area contributed by atoms with E-state index in [4.69, 9.17) is 12.6 Å². The molecule has 6 heteroatoms. The van der Waals surface area contributed by atoms with Gasteiger partial charge in [-0.05, 0) is 13.0 Å². The molecule has 2 aromatic rings. The van der Waals surface area contributed by atoms with E-state index in [1.807, 2.05) is 0 Å². The summed E-state index contributed by atoms with van der Waals surface area (Å²) in [6.45, 7) is 2.22. The van der Waals surface area contributed by atoms with E-state index < -0.39 is 0 Å². The molecule has 0 aliphatic heterocycles. The predicted molar refractivity (Wildman–Crippen MR) is 77.9 cm³/mol. The second-order valence-electron chi connectivity index (χ2n) is 4.48. The van der Waals surface area contributed by atoms with Gasteiger partial charge in [0, 0.05) is 24.6 Å². The zero-order valence-electron chi connectivity index (χ0n) is 11.4. The lowest BCUT2D eigenvalue weighted by Crippen LogP contribution is -2.28. The van der Waals surface area contributed by atoms with Gasteiger partial charge in [0.15, 0.2) is 5.78 Å². The molecule has 2 rings (SSSR count). The van der Waals surface area contributed by atoms with Gasteiger partial charge < -0.3 is 15.0 Å². The normalized spacial score (nSPS) is 10.7. The van der Waals surface area contributed by atoms with Crippen molar-refractivity contribution in [2.24, 2.45) is 0 Å². The van der Waals surface area contributed by atoms with Gasteiger partial charge in [-0.2, -0.15) is 0 Å². The minimum absolute atomic E-state index is 0.182. The van der Waals surface area contributed by atoms with Crippen LogP contribution in [-0.4, -0.2) is 44.8 Å². The number of ether oxygens (including phenoxy) is 1. The van der Waals surface area contributed by atoms with Gasteiger partial charge in [-0.25, -0.2) is 0 Å². The number of aromatic amines is 1. The van der Waals surface area contributed by atoms with Gasteiger partial charge in [0.1, 0.15) is 13.5 Å². The summed E-state index contributed by atoms with van der Waals surface area (Å²) in [7, 11) is 7.29. The first-order valence-corrected chi connectivity index (χ1v) is 6.24. The quantitative estimate of drug-likeness (QED) is 0.473. The smallest absolute Gasteiger partial charge is 0.268 e. The Kier molecular flexibility index (Phi) is 4.24. The third-order valence-corrected chi connectivity index (χ3v) is 2.99. The van der Waals surface area contributed by atoms with Gasteiger partial charge in [-0.15, -0.1) is 0 Å². The number of nitrogens with one attached hydrogen (secondary N) is 2. The summed E-state index contributed by atoms with van der Waals surface area (Å²) < 4.78 is 4.87. The van der Waals surface area contributed by atoms with Crippen LogP contribution >= 0.6 is 0 Å². The predicted octanol–water partition coefficient (Wildman–Crippen LogP) is 0.540. The molecular weight excluding hydrogens is 255 g/mol. The highest BCUT2D eigenvalue weighted by Gasteiger charge is 2.20. The highest BCUT2D eigenvalue weighted by molar-refractivity contribution is 6.33. The van der Waals surface area contributed by atoms with Crippen LogP contribution in [0.2, 0.25) is 0 Å². The Morgan fingerprint density at radius 2 is 2.15 bits per heavy atom. The molecule has 0 spiro atoms. The van der Waals surface area contributed by atoms with E-state index in [-0.39, 0.29) is 17.4 Å². The standard InChI is InChI=1S/C14H15BN2O3/c1-8(18)12-10-7-9(15)3-4-11(10)17-13(12)14(19)16-5-6-20-2/h3-4,7,17H,5-6H2,1-2H3,(H,16,19). The fraction of sp³-hybridized carbons (Fsp3) is 0.286. The molecule has 1 aromatic heterocycles. The molecular formula is C14H15BN2O3. The fourth-order valence-electron chi connectivity index (χ4n) is 2.10. The Morgan fingerprint density at radius 3 is 2.80 bits per heavy atom. The van der Waals surface area contributed by atoms with Crippen LogP contribution in [-0.2, 0) is 4.74 Å². The maximum absolute atomic E-state index is 12.1. The maximum Gasteiger partial charge on any atom is 0.268 e. The molecule has 0 saturated carbocycles. The number of H-pyrrole nitrogens is 1. The zero-order chi connectivity index (χ0) is 14.7. The topological polar surface area (TPSA) is 71.2 Å². The summed E-state index contributed by atoms with van der Waals surface area (Å²) >= 11 is 0. The SMILES string of the molecule is [B]c1ccc2[nH]c(C(=O)NCCOC)c(C(C)=O)c2c1. The van der Waals surface area contributed by atoms with Crippen LogP contribution in [0.4, 0.5) is 0 Å². The van der Waals surface area contributed by atoms with E-state index in [0.717, 1.165) is 0 Å². The van der Waals surface area contributed by atoms with E-state index in [0.29, 0.717) is 35.1 Å². The van der Waals surface area contributed by atoms with Crippen LogP contribution < -0.4 is 10.8 Å². The van der Waals surface area contributed by atoms with Gasteiger partial charge in [0.2, 0.25) is 0 Å². The Hall–Kier alpha value is -2.08. The van der Waals surface area contributed by atoms with Gasteiger partial charge in [0.05, 0.1) is 12.2 Å². The Labute approximate surface area is 118 Å². The molecule has 0 fully saturated rings. The number of methoxy groups -OCH3 is 1. The molecule has 2 radical (unpaired) electrons. The minimum atomic E-state index is -0.331. The summed E-state index contributed by atoms with van der Waals surface area (Å²) in [4.78, 5) is 26.9. The number of fused-ring (bicyclic) bond motifs is 1. The number of ketones is 1. The number of Topliss-reactive ketones (excluding diaryl/α,β-unsaturated/α-hetero) is 1. The summed E-state index contributed by atoms with van der Waals surface area (Å²) in [5.41, 5.74) is 1.88. The lowest BCUT2D eigenvalue weighted by atomic mass is 9.93. The van der Waals surface area contributed by atoms with Crippen molar-refractivity contribution in [1.29, 1.82) is 0 Å². The summed E-state index contributed by atoms with van der Waals surface area (Å²) in [6, 6.07) is 5.16. The molecule has 5 nitrogen and oxygen atoms in total. The number of benzene rings is 1. The number of rotatable bonds is 5. The lowest BCUT2D eigenvalue weighted by Gasteiger charge is -2.04.